The van der Waals surface area contributed by atoms with Crippen LogP contribution in [0.1, 0.15) is 478 Å². The number of unbranched alkanes of at least 4 members (excludes halogenated alkanes) is 52. The second kappa shape index (κ2) is 89.1. The predicted molar refractivity (Wildman–Crippen MR) is 457 cm³/mol. The van der Waals surface area contributed by atoms with Gasteiger partial charge in [-0.15, -0.1) is 0 Å². The fourth-order valence-electron chi connectivity index (χ4n) is 14.7. The Morgan fingerprint density at radius 2 is 0.487 bits per heavy atom. The van der Waals surface area contributed by atoms with Crippen molar-refractivity contribution in [3.05, 3.63) is 0 Å². The number of carbonyl (C=O) groups is 5. The monoisotopic (exact) mass is 1660 g/mol. The van der Waals surface area contributed by atoms with Crippen LogP contribution in [0.3, 0.4) is 0 Å². The number of phosphoric ester groups is 2. The van der Waals surface area contributed by atoms with E-state index in [4.69, 9.17) is 18.1 Å². The Morgan fingerprint density at radius 3 is 0.743 bits per heavy atom. The summed E-state index contributed by atoms with van der Waals surface area (Å²) in [7, 11) is -9.69. The number of urea groups is 1. The molecule has 6 unspecified atom stereocenters. The third-order valence-corrected chi connectivity index (χ3v) is 23.9. The summed E-state index contributed by atoms with van der Waals surface area (Å²) in [5.74, 6) is -0.333. The van der Waals surface area contributed by atoms with Crippen LogP contribution in [0.4, 0.5) is 4.79 Å². The van der Waals surface area contributed by atoms with Crippen LogP contribution in [-0.2, 0) is 51.1 Å². The van der Waals surface area contributed by atoms with Crippen molar-refractivity contribution in [3.8, 4) is 0 Å². The Bertz CT molecular complexity index is 2210. The first-order chi connectivity index (χ1) is 54.1. The van der Waals surface area contributed by atoms with Crippen molar-refractivity contribution in [2.75, 3.05) is 39.5 Å². The molecule has 0 fully saturated rings. The van der Waals surface area contributed by atoms with Gasteiger partial charge in [-0.2, -0.15) is 0 Å². The average Bonchev–Trinajstić information content (AvgIpc) is 0.903. The maximum Gasteiger partial charge on any atom is 1.00 e. The van der Waals surface area contributed by atoms with E-state index in [2.05, 4.69) is 78.1 Å². The number of amides is 6. The summed E-state index contributed by atoms with van der Waals surface area (Å²) in [6.07, 6.45) is 72.4. The Balaban J connectivity index is -0.0000605. The van der Waals surface area contributed by atoms with E-state index in [1.807, 2.05) is 0 Å². The second-order valence-corrected chi connectivity index (χ2v) is 35.6. The molecule has 6 atom stereocenters. The van der Waals surface area contributed by atoms with E-state index in [1.165, 1.54) is 244 Å². The van der Waals surface area contributed by atoms with Gasteiger partial charge in [-0.1, -0.05) is 388 Å². The molecule has 6 N–H and O–H groups in total. The maximum atomic E-state index is 13.7. The summed E-state index contributed by atoms with van der Waals surface area (Å²) >= 11 is 0. The quantitative estimate of drug-likeness (QED) is 0.0109. The molecule has 658 valence electrons. The molecule has 0 aromatic heterocycles. The van der Waals surface area contributed by atoms with Crippen LogP contribution in [0.25, 0.3) is 0 Å². The zero-order chi connectivity index (χ0) is 81.3. The molecule has 0 heterocycles. The molecule has 0 saturated heterocycles. The fourth-order valence-corrected chi connectivity index (χ4v) is 16.2. The molecule has 0 bridgehead atoms. The van der Waals surface area contributed by atoms with Gasteiger partial charge in [0.05, 0.1) is 38.5 Å². The van der Waals surface area contributed by atoms with Gasteiger partial charge in [-0.05, 0) is 64.2 Å². The summed E-state index contributed by atoms with van der Waals surface area (Å²) in [6.45, 7) is 11.2. The predicted octanol–water partition coefficient (Wildman–Crippen LogP) is 17.8. The van der Waals surface area contributed by atoms with Crippen molar-refractivity contribution in [2.45, 2.75) is 502 Å². The number of rotatable bonds is 89. The molecule has 0 aromatic carbocycles. The van der Waals surface area contributed by atoms with E-state index >= 15 is 0 Å². The molecule has 20 nitrogen and oxygen atoms in total. The topological polar surface area (TPSA) is 284 Å². The first-order valence-corrected chi connectivity index (χ1v) is 50.0. The summed E-state index contributed by atoms with van der Waals surface area (Å²) in [5.41, 5.74) is 0. The first-order valence-electron chi connectivity index (χ1n) is 47.1. The van der Waals surface area contributed by atoms with Crippen LogP contribution in [0, 0.1) is 0 Å². The molecule has 0 aliphatic carbocycles. The summed E-state index contributed by atoms with van der Waals surface area (Å²) < 4.78 is 52.5. The third kappa shape index (κ3) is 83.4. The molecular weight excluding hydrogens is 1480 g/mol. The third-order valence-electron chi connectivity index (χ3n) is 21.8. The van der Waals surface area contributed by atoms with Gasteiger partial charge >= 0.3 is 73.0 Å². The van der Waals surface area contributed by atoms with E-state index in [1.54, 1.807) is 0 Å². The number of hydrogen-bond acceptors (Lipinski definition) is 14. The first kappa shape index (κ1) is 116. The number of nitrogens with one attached hydrogen (secondary N) is 6. The second-order valence-electron chi connectivity index (χ2n) is 32.6. The molecule has 113 heavy (non-hydrogen) atoms. The van der Waals surface area contributed by atoms with Crippen LogP contribution in [-0.4, -0.2) is 93.3 Å². The van der Waals surface area contributed by atoms with E-state index in [0.717, 1.165) is 135 Å². The van der Waals surface area contributed by atoms with Gasteiger partial charge < -0.3 is 55.8 Å². The van der Waals surface area contributed by atoms with Crippen LogP contribution in [0.15, 0.2) is 0 Å². The summed E-state index contributed by atoms with van der Waals surface area (Å²) in [5, 5.41) is 29.8. The van der Waals surface area contributed by atoms with Crippen molar-refractivity contribution in [1.29, 1.82) is 0 Å². The average molecular weight is 1660 g/mol. The minimum Gasteiger partial charge on any atom is -0.756 e. The van der Waals surface area contributed by atoms with E-state index < -0.39 is 47.0 Å². The molecule has 6 amide bonds. The number of phosphoric acid groups is 2. The molecule has 0 aliphatic heterocycles. The van der Waals surface area contributed by atoms with Crippen LogP contribution < -0.4 is 101 Å². The van der Waals surface area contributed by atoms with Crippen molar-refractivity contribution in [3.63, 3.8) is 0 Å². The van der Waals surface area contributed by atoms with Crippen LogP contribution in [0.5, 0.6) is 0 Å². The zero-order valence-corrected chi connectivity index (χ0v) is 80.5. The van der Waals surface area contributed by atoms with Gasteiger partial charge in [0.2, 0.25) is 23.6 Å². The van der Waals surface area contributed by atoms with Crippen LogP contribution in [0.2, 0.25) is 0 Å². The van der Waals surface area contributed by atoms with Gasteiger partial charge in [0.1, 0.15) is 0 Å². The van der Waals surface area contributed by atoms with Crippen molar-refractivity contribution < 1.29 is 125 Å². The minimum absolute atomic E-state index is 0. The Kier molecular flexibility index (Phi) is 91.8. The summed E-state index contributed by atoms with van der Waals surface area (Å²) in [6, 6.07) is -2.41. The van der Waals surface area contributed by atoms with Gasteiger partial charge in [-0.25, -0.2) is 9.36 Å². The smallest absolute Gasteiger partial charge is 0.756 e. The van der Waals surface area contributed by atoms with Crippen molar-refractivity contribution in [1.82, 2.24) is 31.9 Å². The Labute approximate surface area is 738 Å². The van der Waals surface area contributed by atoms with E-state index in [9.17, 15) is 43.3 Å². The van der Waals surface area contributed by atoms with Crippen LogP contribution >= 0.6 is 15.6 Å². The largest absolute Gasteiger partial charge is 1.00 e. The Morgan fingerprint density at radius 1 is 0.274 bits per heavy atom. The fraction of sp³-hybridized carbons (Fsp3) is 0.944. The normalized spacial score (nSPS) is 13.6. The SMILES string of the molecule is CCCCCCCCCCCCCC(=O)NC(CCCCCCCCC)CCC(COP(=O)([O-])OCCNC(=O)NCCOP(=O)(O[O-])OCC(CCC(CCCCCCCCC)NC(=O)CCCCCCCCCCCCC)NC(=O)CCCCCCCCCCCCC)NC(=O)CCCCCCCCCCCCC.[Na+].[Na+]. The molecule has 0 radical (unpaired) electrons. The van der Waals surface area contributed by atoms with Gasteiger partial charge in [0.25, 0.3) is 7.82 Å². The molecular formula is C89H176N6Na2O14P2. The maximum absolute atomic E-state index is 13.7. The molecule has 0 saturated carbocycles. The standard InChI is InChI=1S/C89H178N6O14P2.2Na/c1-7-13-19-25-31-35-39-43-49-55-61-67-85(96)92-81(65-59-53-47-29-23-17-11-5)71-73-83(94-87(98)69-63-57-51-45-41-37-33-27-21-15-9-3)79-107-110(102,103)105-77-75-90-89(100)91-76-78-106-111(104,109-101)108-80-84(95-88(99)70-64-58-52-46-42-38-34-28-22-16-10-4)74-72-82(66-60-54-48-30-24-18-12-6)93-86(97)68-62-56-50-44-40-36-32-26-20-14-8-2;;/h81-84,101H,7-80H2,1-6H3,(H,92,96)(H,93,97)(H,94,98)(H,95,99)(H,102,103)(H2,90,91,100);;/q;2*+1/p-2. The molecule has 24 heteroatoms. The van der Waals surface area contributed by atoms with Gasteiger partial charge in [-0.3, -0.25) is 32.8 Å². The van der Waals surface area contributed by atoms with Crippen molar-refractivity contribution in [2.24, 2.45) is 0 Å². The number of carbonyl (C=O) groups excluding carboxylic acids is 5. The molecule has 0 rings (SSSR count). The zero-order valence-electron chi connectivity index (χ0n) is 74.7. The molecule has 0 aromatic rings. The molecule has 0 spiro atoms. The van der Waals surface area contributed by atoms with Gasteiger partial charge in [0.15, 0.2) is 0 Å². The minimum atomic E-state index is -4.95. The van der Waals surface area contributed by atoms with Crippen molar-refractivity contribution >= 4 is 45.3 Å². The molecule has 0 aliphatic rings. The van der Waals surface area contributed by atoms with E-state index in [-0.39, 0.29) is 121 Å². The Hall–Kier alpha value is -0.670. The van der Waals surface area contributed by atoms with Gasteiger partial charge in [0, 0.05) is 50.9 Å². The summed E-state index contributed by atoms with van der Waals surface area (Å²) in [4.78, 5) is 80.2. The number of hydrogen-bond donors (Lipinski definition) is 6. The van der Waals surface area contributed by atoms with E-state index in [0.29, 0.717) is 57.8 Å².